The quantitative estimate of drug-likeness (QED) is 0.491. The lowest BCUT2D eigenvalue weighted by molar-refractivity contribution is 0.103. The first-order chi connectivity index (χ1) is 14.7. The van der Waals surface area contributed by atoms with Crippen molar-refractivity contribution >= 4 is 23.0 Å². The number of carbonyl (C=O) groups is 1. The van der Waals surface area contributed by atoms with Crippen LogP contribution in [0.5, 0.6) is 5.75 Å². The maximum atomic E-state index is 13.3. The first kappa shape index (κ1) is 22.1. The van der Waals surface area contributed by atoms with Gasteiger partial charge in [0.25, 0.3) is 0 Å². The average molecular weight is 434 g/mol. The highest BCUT2D eigenvalue weighted by atomic mass is 16.4. The maximum absolute atomic E-state index is 13.3. The number of allylic oxidation sites excluding steroid dienone is 1. The smallest absolute Gasteiger partial charge is 0.419 e. The van der Waals surface area contributed by atoms with Crippen molar-refractivity contribution in [3.8, 4) is 5.75 Å². The minimum absolute atomic E-state index is 0.0522. The molecule has 1 aromatic heterocycles. The number of rotatable bonds is 1. The summed E-state index contributed by atoms with van der Waals surface area (Å²) in [7, 11) is 1.66. The van der Waals surface area contributed by atoms with Gasteiger partial charge in [0.1, 0.15) is 5.75 Å². The molecular formula is C27H31NO4. The molecule has 4 rings (SSSR count). The zero-order valence-corrected chi connectivity index (χ0v) is 20.1. The third-order valence-corrected chi connectivity index (χ3v) is 6.47. The highest BCUT2D eigenvalue weighted by Gasteiger charge is 2.33. The average Bonchev–Trinajstić information content (AvgIpc) is 3.08. The van der Waals surface area contributed by atoms with Crippen molar-refractivity contribution in [2.24, 2.45) is 7.05 Å². The van der Waals surface area contributed by atoms with Crippen LogP contribution in [0.25, 0.3) is 17.2 Å². The molecule has 1 atom stereocenters. The van der Waals surface area contributed by atoms with Gasteiger partial charge in [0.05, 0.1) is 5.52 Å². The normalized spacial score (nSPS) is 18.1. The summed E-state index contributed by atoms with van der Waals surface area (Å²) < 4.78 is 6.75. The summed E-state index contributed by atoms with van der Waals surface area (Å²) in [4.78, 5) is 25.2. The van der Waals surface area contributed by atoms with Gasteiger partial charge in [0.2, 0.25) is 0 Å². The second kappa shape index (κ2) is 6.96. The standard InChI is InChI=1S/C27H31NO4/c1-14-16-12-21-22(32-25(31)28(21)8)13-18(16)23(29)17(14)9-15-10-19(26(2,3)4)24(30)20(11-15)27(5,6)7/h9-14,30H,1-8H3/b17-9+. The summed E-state index contributed by atoms with van der Waals surface area (Å²) in [5.41, 5.74) is 5.41. The molecule has 32 heavy (non-hydrogen) atoms. The van der Waals surface area contributed by atoms with Gasteiger partial charge in [-0.05, 0) is 52.3 Å². The van der Waals surface area contributed by atoms with E-state index in [0.29, 0.717) is 28.0 Å². The number of carbonyl (C=O) groups excluding carboxylic acids is 1. The van der Waals surface area contributed by atoms with Gasteiger partial charge in [-0.25, -0.2) is 4.79 Å². The van der Waals surface area contributed by atoms with Crippen molar-refractivity contribution < 1.29 is 14.3 Å². The lowest BCUT2D eigenvalue weighted by atomic mass is 9.78. The largest absolute Gasteiger partial charge is 0.507 e. The van der Waals surface area contributed by atoms with Crippen LogP contribution in [0.15, 0.2) is 39.1 Å². The Morgan fingerprint density at radius 2 is 1.53 bits per heavy atom. The van der Waals surface area contributed by atoms with Crippen LogP contribution in [-0.4, -0.2) is 15.5 Å². The van der Waals surface area contributed by atoms with Crippen LogP contribution in [0.1, 0.15) is 87.0 Å². The van der Waals surface area contributed by atoms with Gasteiger partial charge in [0, 0.05) is 35.2 Å². The van der Waals surface area contributed by atoms with E-state index in [-0.39, 0.29) is 22.5 Å². The molecule has 0 saturated carbocycles. The molecule has 1 unspecified atom stereocenters. The van der Waals surface area contributed by atoms with Crippen molar-refractivity contribution in [1.29, 1.82) is 0 Å². The molecule has 168 valence electrons. The Morgan fingerprint density at radius 1 is 0.969 bits per heavy atom. The number of Topliss-reactive ketones (excluding diaryl/α,β-unsaturated/α-hetero) is 1. The second-order valence-electron chi connectivity index (χ2n) is 10.9. The number of aryl methyl sites for hydroxylation is 1. The van der Waals surface area contributed by atoms with E-state index < -0.39 is 5.76 Å². The monoisotopic (exact) mass is 433 g/mol. The molecule has 2 aromatic carbocycles. The van der Waals surface area contributed by atoms with Crippen molar-refractivity contribution in [2.75, 3.05) is 0 Å². The van der Waals surface area contributed by atoms with Crippen LogP contribution in [0.3, 0.4) is 0 Å². The first-order valence-corrected chi connectivity index (χ1v) is 11.0. The number of nitrogens with zero attached hydrogens (tertiary/aromatic N) is 1. The summed E-state index contributed by atoms with van der Waals surface area (Å²) >= 11 is 0. The molecule has 5 nitrogen and oxygen atoms in total. The van der Waals surface area contributed by atoms with E-state index in [0.717, 1.165) is 22.3 Å². The summed E-state index contributed by atoms with van der Waals surface area (Å²) in [5, 5.41) is 11.0. The van der Waals surface area contributed by atoms with Crippen molar-refractivity contribution in [3.63, 3.8) is 0 Å². The molecule has 0 amide bonds. The van der Waals surface area contributed by atoms with E-state index in [1.165, 1.54) is 4.57 Å². The van der Waals surface area contributed by atoms with Crippen LogP contribution in [-0.2, 0) is 17.9 Å². The SMILES string of the molecule is CC1/C(=C\c2cc(C(C)(C)C)c(O)c(C(C)(C)C)c2)C(=O)c2cc3oc(=O)n(C)c3cc21. The predicted octanol–water partition coefficient (Wildman–Crippen LogP) is 5.82. The Labute approximate surface area is 188 Å². The van der Waals surface area contributed by atoms with E-state index in [4.69, 9.17) is 4.42 Å². The van der Waals surface area contributed by atoms with Gasteiger partial charge in [-0.1, -0.05) is 48.5 Å². The Balaban J connectivity index is 1.89. The maximum Gasteiger partial charge on any atom is 0.419 e. The van der Waals surface area contributed by atoms with Gasteiger partial charge < -0.3 is 9.52 Å². The van der Waals surface area contributed by atoms with Gasteiger partial charge in [-0.2, -0.15) is 0 Å². The summed E-state index contributed by atoms with van der Waals surface area (Å²) in [6, 6.07) is 7.53. The topological polar surface area (TPSA) is 72.4 Å². The van der Waals surface area contributed by atoms with Crippen LogP contribution in [0, 0.1) is 0 Å². The van der Waals surface area contributed by atoms with Gasteiger partial charge in [-0.3, -0.25) is 9.36 Å². The molecule has 0 fully saturated rings. The first-order valence-electron chi connectivity index (χ1n) is 11.0. The fourth-order valence-electron chi connectivity index (χ4n) is 4.52. The Morgan fingerprint density at radius 3 is 2.06 bits per heavy atom. The molecule has 0 aliphatic heterocycles. The number of phenols is 1. The molecule has 0 radical (unpaired) electrons. The summed E-state index contributed by atoms with van der Waals surface area (Å²) in [5.74, 6) is -0.281. The summed E-state index contributed by atoms with van der Waals surface area (Å²) in [6.07, 6.45) is 1.94. The molecule has 3 aromatic rings. The highest BCUT2D eigenvalue weighted by Crippen LogP contribution is 2.43. The van der Waals surface area contributed by atoms with Crippen LogP contribution >= 0.6 is 0 Å². The molecule has 0 spiro atoms. The third kappa shape index (κ3) is 3.40. The van der Waals surface area contributed by atoms with E-state index in [2.05, 4.69) is 41.5 Å². The fraction of sp³-hybridized carbons (Fsp3) is 0.407. The number of oxazole rings is 1. The number of aromatic nitrogens is 1. The number of fused-ring (bicyclic) bond motifs is 2. The molecule has 1 aliphatic carbocycles. The number of ketones is 1. The minimum Gasteiger partial charge on any atom is -0.507 e. The van der Waals surface area contributed by atoms with Crippen molar-refractivity contribution in [2.45, 2.75) is 65.2 Å². The van der Waals surface area contributed by atoms with Crippen LogP contribution in [0.2, 0.25) is 0 Å². The number of aromatic hydroxyl groups is 1. The molecule has 0 bridgehead atoms. The lowest BCUT2D eigenvalue weighted by Crippen LogP contribution is -2.17. The molecule has 1 heterocycles. The van der Waals surface area contributed by atoms with Crippen LogP contribution in [0.4, 0.5) is 0 Å². The molecular weight excluding hydrogens is 402 g/mol. The molecule has 1 N–H and O–H groups in total. The number of phenolic OH excluding ortho intramolecular Hbond substituents is 1. The zero-order chi connectivity index (χ0) is 23.7. The minimum atomic E-state index is -0.437. The van der Waals surface area contributed by atoms with Gasteiger partial charge in [0.15, 0.2) is 11.4 Å². The molecule has 1 aliphatic rings. The number of benzene rings is 2. The zero-order valence-electron chi connectivity index (χ0n) is 20.1. The van der Waals surface area contributed by atoms with Crippen molar-refractivity contribution in [3.05, 3.63) is 68.2 Å². The van der Waals surface area contributed by atoms with E-state index in [1.54, 1.807) is 13.1 Å². The predicted molar refractivity (Wildman–Crippen MR) is 128 cm³/mol. The van der Waals surface area contributed by atoms with Crippen molar-refractivity contribution in [1.82, 2.24) is 4.57 Å². The fourth-order valence-corrected chi connectivity index (χ4v) is 4.52. The second-order valence-corrected chi connectivity index (χ2v) is 10.9. The molecule has 0 saturated heterocycles. The lowest BCUT2D eigenvalue weighted by Gasteiger charge is -2.28. The Bertz CT molecular complexity index is 1320. The van der Waals surface area contributed by atoms with E-state index in [1.807, 2.05) is 31.2 Å². The Hall–Kier alpha value is -3.08. The van der Waals surface area contributed by atoms with Crippen LogP contribution < -0.4 is 5.76 Å². The molecule has 5 heteroatoms. The van der Waals surface area contributed by atoms with E-state index in [9.17, 15) is 14.7 Å². The number of hydrogen-bond acceptors (Lipinski definition) is 4. The highest BCUT2D eigenvalue weighted by molar-refractivity contribution is 6.17. The third-order valence-electron chi connectivity index (χ3n) is 6.47. The van der Waals surface area contributed by atoms with Gasteiger partial charge in [-0.15, -0.1) is 0 Å². The Kier molecular flexibility index (Phi) is 4.81. The van der Waals surface area contributed by atoms with Gasteiger partial charge >= 0.3 is 5.76 Å². The summed E-state index contributed by atoms with van der Waals surface area (Å²) in [6.45, 7) is 14.4. The number of hydrogen-bond donors (Lipinski definition) is 1. The van der Waals surface area contributed by atoms with E-state index >= 15 is 0 Å².